The van der Waals surface area contributed by atoms with E-state index in [4.69, 9.17) is 5.73 Å². The molecule has 78 valence electrons. The van der Waals surface area contributed by atoms with Gasteiger partial charge in [0.15, 0.2) is 0 Å². The number of aryl methyl sites for hydroxylation is 1. The third kappa shape index (κ3) is 1.95. The van der Waals surface area contributed by atoms with Crippen LogP contribution in [0.1, 0.15) is 31.9 Å². The van der Waals surface area contributed by atoms with E-state index in [1.54, 1.807) is 4.68 Å². The van der Waals surface area contributed by atoms with E-state index in [0.29, 0.717) is 11.5 Å². The summed E-state index contributed by atoms with van der Waals surface area (Å²) >= 11 is 0. The first-order valence-corrected chi connectivity index (χ1v) is 5.18. The summed E-state index contributed by atoms with van der Waals surface area (Å²) in [6, 6.07) is 0.386. The molecular formula is C10H18N4. The van der Waals surface area contributed by atoms with Gasteiger partial charge in [0.05, 0.1) is 5.69 Å². The summed E-state index contributed by atoms with van der Waals surface area (Å²) < 4.78 is 1.76. The van der Waals surface area contributed by atoms with Crippen LogP contribution in [0.25, 0.3) is 0 Å². The standard InChI is InChI=1S/C10H18N4/c1-10(4-3-8(11)5-10)6-9-7-14(2)13-12-9/h7-8H,3-6,11H2,1-2H3. The van der Waals surface area contributed by atoms with Crippen LogP contribution in [0.4, 0.5) is 0 Å². The molecule has 2 rings (SSSR count). The predicted octanol–water partition coefficient (Wildman–Crippen LogP) is 0.875. The molecule has 0 aromatic carbocycles. The van der Waals surface area contributed by atoms with Crippen molar-refractivity contribution >= 4 is 0 Å². The maximum atomic E-state index is 5.93. The van der Waals surface area contributed by atoms with Crippen LogP contribution in [0, 0.1) is 5.41 Å². The second-order valence-electron chi connectivity index (χ2n) is 4.87. The molecule has 1 aromatic heterocycles. The zero-order valence-electron chi connectivity index (χ0n) is 8.90. The molecule has 1 heterocycles. The van der Waals surface area contributed by atoms with Gasteiger partial charge in [0.2, 0.25) is 0 Å². The van der Waals surface area contributed by atoms with E-state index in [0.717, 1.165) is 25.0 Å². The Morgan fingerprint density at radius 2 is 2.50 bits per heavy atom. The lowest BCUT2D eigenvalue weighted by molar-refractivity contribution is 0.326. The van der Waals surface area contributed by atoms with Gasteiger partial charge < -0.3 is 5.73 Å². The first-order valence-electron chi connectivity index (χ1n) is 5.18. The van der Waals surface area contributed by atoms with Gasteiger partial charge in [-0.15, -0.1) is 5.10 Å². The van der Waals surface area contributed by atoms with Gasteiger partial charge in [-0.05, 0) is 31.1 Å². The maximum Gasteiger partial charge on any atom is 0.0832 e. The molecule has 1 fully saturated rings. The van der Waals surface area contributed by atoms with Gasteiger partial charge in [-0.1, -0.05) is 12.1 Å². The summed E-state index contributed by atoms with van der Waals surface area (Å²) in [5.41, 5.74) is 7.36. The molecule has 14 heavy (non-hydrogen) atoms. The molecule has 0 bridgehead atoms. The zero-order chi connectivity index (χ0) is 10.2. The average molecular weight is 194 g/mol. The van der Waals surface area contributed by atoms with Crippen molar-refractivity contribution < 1.29 is 0 Å². The fourth-order valence-corrected chi connectivity index (χ4v) is 2.45. The van der Waals surface area contributed by atoms with Crippen LogP contribution in [0.3, 0.4) is 0 Å². The van der Waals surface area contributed by atoms with Gasteiger partial charge >= 0.3 is 0 Å². The maximum absolute atomic E-state index is 5.93. The van der Waals surface area contributed by atoms with Gasteiger partial charge in [0.25, 0.3) is 0 Å². The number of hydrogen-bond acceptors (Lipinski definition) is 3. The van der Waals surface area contributed by atoms with Crippen molar-refractivity contribution in [2.75, 3.05) is 0 Å². The van der Waals surface area contributed by atoms with Gasteiger partial charge in [-0.25, -0.2) is 0 Å². The van der Waals surface area contributed by atoms with E-state index in [1.807, 2.05) is 13.2 Å². The van der Waals surface area contributed by atoms with Gasteiger partial charge in [-0.3, -0.25) is 4.68 Å². The Hall–Kier alpha value is -0.900. The molecule has 1 aromatic rings. The third-order valence-corrected chi connectivity index (χ3v) is 3.13. The molecule has 0 radical (unpaired) electrons. The normalized spacial score (nSPS) is 32.4. The van der Waals surface area contributed by atoms with Gasteiger partial charge in [-0.2, -0.15) is 0 Å². The highest BCUT2D eigenvalue weighted by Crippen LogP contribution is 2.39. The molecule has 2 atom stereocenters. The molecular weight excluding hydrogens is 176 g/mol. The minimum absolute atomic E-state index is 0.343. The Bertz CT molecular complexity index is 320. The topological polar surface area (TPSA) is 56.7 Å². The van der Waals surface area contributed by atoms with Crippen LogP contribution in [-0.4, -0.2) is 21.0 Å². The molecule has 1 aliphatic carbocycles. The number of nitrogens with two attached hydrogens (primary N) is 1. The average Bonchev–Trinajstić information content (AvgIpc) is 2.60. The Morgan fingerprint density at radius 3 is 3.00 bits per heavy atom. The van der Waals surface area contributed by atoms with E-state index in [1.165, 1.54) is 6.42 Å². The molecule has 0 saturated heterocycles. The van der Waals surface area contributed by atoms with Crippen molar-refractivity contribution in [1.82, 2.24) is 15.0 Å². The lowest BCUT2D eigenvalue weighted by Gasteiger charge is -2.21. The smallest absolute Gasteiger partial charge is 0.0832 e. The fourth-order valence-electron chi connectivity index (χ4n) is 2.45. The van der Waals surface area contributed by atoms with Crippen LogP contribution in [0.2, 0.25) is 0 Å². The van der Waals surface area contributed by atoms with Gasteiger partial charge in [0.1, 0.15) is 0 Å². The predicted molar refractivity (Wildman–Crippen MR) is 54.6 cm³/mol. The second kappa shape index (κ2) is 3.35. The summed E-state index contributed by atoms with van der Waals surface area (Å²) in [7, 11) is 1.90. The number of hydrogen-bond donors (Lipinski definition) is 1. The molecule has 0 amide bonds. The molecule has 4 nitrogen and oxygen atoms in total. The van der Waals surface area contributed by atoms with E-state index in [2.05, 4.69) is 17.2 Å². The van der Waals surface area contributed by atoms with E-state index in [9.17, 15) is 0 Å². The fraction of sp³-hybridized carbons (Fsp3) is 0.800. The Balaban J connectivity index is 2.03. The van der Waals surface area contributed by atoms with Crippen molar-refractivity contribution in [3.63, 3.8) is 0 Å². The SMILES string of the molecule is Cn1cc(CC2(C)CCC(N)C2)nn1. The number of aromatic nitrogens is 3. The first-order chi connectivity index (χ1) is 6.57. The summed E-state index contributed by atoms with van der Waals surface area (Å²) in [6.45, 7) is 2.30. The summed E-state index contributed by atoms with van der Waals surface area (Å²) in [6.07, 6.45) is 6.48. The van der Waals surface area contributed by atoms with Crippen molar-refractivity contribution in [2.24, 2.45) is 18.2 Å². The number of rotatable bonds is 2. The zero-order valence-corrected chi connectivity index (χ0v) is 8.90. The molecule has 1 saturated carbocycles. The minimum Gasteiger partial charge on any atom is -0.328 e. The van der Waals surface area contributed by atoms with E-state index >= 15 is 0 Å². The molecule has 0 aliphatic heterocycles. The lowest BCUT2D eigenvalue weighted by atomic mass is 9.84. The van der Waals surface area contributed by atoms with E-state index < -0.39 is 0 Å². The monoisotopic (exact) mass is 194 g/mol. The highest BCUT2D eigenvalue weighted by atomic mass is 15.4. The quantitative estimate of drug-likeness (QED) is 0.760. The largest absolute Gasteiger partial charge is 0.328 e. The molecule has 2 N–H and O–H groups in total. The summed E-state index contributed by atoms with van der Waals surface area (Å²) in [5, 5.41) is 8.07. The minimum atomic E-state index is 0.343. The second-order valence-corrected chi connectivity index (χ2v) is 4.87. The molecule has 4 heteroatoms. The Kier molecular flexibility index (Phi) is 2.31. The summed E-state index contributed by atoms with van der Waals surface area (Å²) in [4.78, 5) is 0. The van der Waals surface area contributed by atoms with Crippen LogP contribution in [0.5, 0.6) is 0 Å². The first kappa shape index (κ1) is 9.65. The van der Waals surface area contributed by atoms with Crippen LogP contribution in [-0.2, 0) is 13.5 Å². The summed E-state index contributed by atoms with van der Waals surface area (Å²) in [5.74, 6) is 0. The van der Waals surface area contributed by atoms with Crippen LogP contribution >= 0.6 is 0 Å². The molecule has 1 aliphatic rings. The van der Waals surface area contributed by atoms with Crippen molar-refractivity contribution in [2.45, 2.75) is 38.6 Å². The Morgan fingerprint density at radius 1 is 1.71 bits per heavy atom. The highest BCUT2D eigenvalue weighted by molar-refractivity contribution is 5.00. The van der Waals surface area contributed by atoms with Gasteiger partial charge in [0, 0.05) is 19.3 Å². The van der Waals surface area contributed by atoms with Crippen LogP contribution in [0.15, 0.2) is 6.20 Å². The molecule has 2 unspecified atom stereocenters. The number of nitrogens with zero attached hydrogens (tertiary/aromatic N) is 3. The lowest BCUT2D eigenvalue weighted by Crippen LogP contribution is -2.21. The van der Waals surface area contributed by atoms with Crippen molar-refractivity contribution in [3.8, 4) is 0 Å². The van der Waals surface area contributed by atoms with Crippen molar-refractivity contribution in [3.05, 3.63) is 11.9 Å². The Labute approximate surface area is 84.5 Å². The van der Waals surface area contributed by atoms with Crippen molar-refractivity contribution in [1.29, 1.82) is 0 Å². The highest BCUT2D eigenvalue weighted by Gasteiger charge is 2.34. The third-order valence-electron chi connectivity index (χ3n) is 3.13. The van der Waals surface area contributed by atoms with E-state index in [-0.39, 0.29) is 0 Å². The molecule has 0 spiro atoms. The van der Waals surface area contributed by atoms with Crippen LogP contribution < -0.4 is 5.73 Å².